The summed E-state index contributed by atoms with van der Waals surface area (Å²) in [6.45, 7) is 7.07. The third-order valence-electron chi connectivity index (χ3n) is 7.74. The number of rotatable bonds is 6. The fourth-order valence-corrected chi connectivity index (χ4v) is 6.44. The first-order valence-corrected chi connectivity index (χ1v) is 14.4. The minimum absolute atomic E-state index is 0.108. The van der Waals surface area contributed by atoms with Crippen LogP contribution in [0.4, 0.5) is 5.69 Å². The molecule has 0 fully saturated rings. The van der Waals surface area contributed by atoms with E-state index in [1.165, 1.54) is 10.8 Å². The highest BCUT2D eigenvalue weighted by atomic mass is 35.5. The van der Waals surface area contributed by atoms with Crippen LogP contribution in [0.25, 0.3) is 16.3 Å². The number of allylic oxidation sites excluding steroid dienone is 1. The van der Waals surface area contributed by atoms with Gasteiger partial charge in [0.05, 0.1) is 12.6 Å². The predicted molar refractivity (Wildman–Crippen MR) is 164 cm³/mol. The van der Waals surface area contributed by atoms with Crippen molar-refractivity contribution in [2.45, 2.75) is 46.3 Å². The second kappa shape index (κ2) is 10.5. The Morgan fingerprint density at radius 1 is 0.925 bits per heavy atom. The molecule has 1 heterocycles. The molecule has 0 radical (unpaired) electrons. The van der Waals surface area contributed by atoms with E-state index in [-0.39, 0.29) is 23.8 Å². The van der Waals surface area contributed by atoms with E-state index in [0.717, 1.165) is 39.9 Å². The first kappa shape index (κ1) is 26.7. The van der Waals surface area contributed by atoms with Crippen LogP contribution in [0.3, 0.4) is 0 Å². The molecule has 6 heteroatoms. The summed E-state index contributed by atoms with van der Waals surface area (Å²) in [6, 6.07) is 23.7. The number of carbonyl (C=O) groups is 1. The van der Waals surface area contributed by atoms with E-state index >= 15 is 0 Å². The average Bonchev–Trinajstić information content (AvgIpc) is 2.92. The first-order valence-electron chi connectivity index (χ1n) is 13.6. The van der Waals surface area contributed by atoms with Gasteiger partial charge in [0, 0.05) is 38.9 Å². The van der Waals surface area contributed by atoms with Gasteiger partial charge >= 0.3 is 0 Å². The Hall–Kier alpha value is -3.47. The molecule has 0 bridgehead atoms. The zero-order valence-electron chi connectivity index (χ0n) is 22.8. The van der Waals surface area contributed by atoms with Crippen LogP contribution < -0.4 is 14.8 Å². The minimum Gasteiger partial charge on any atom is -0.490 e. The van der Waals surface area contributed by atoms with Gasteiger partial charge in [0.25, 0.3) is 0 Å². The number of halogens is 2. The Morgan fingerprint density at radius 3 is 2.55 bits per heavy atom. The van der Waals surface area contributed by atoms with Crippen LogP contribution in [0, 0.1) is 5.41 Å². The number of ketones is 1. The van der Waals surface area contributed by atoms with Gasteiger partial charge in [0.15, 0.2) is 17.3 Å². The fourth-order valence-electron chi connectivity index (χ4n) is 5.97. The lowest BCUT2D eigenvalue weighted by Crippen LogP contribution is -2.33. The summed E-state index contributed by atoms with van der Waals surface area (Å²) in [6.07, 6.45) is 1.36. The molecule has 0 amide bonds. The third-order valence-corrected chi connectivity index (χ3v) is 8.33. The van der Waals surface area contributed by atoms with Gasteiger partial charge in [-0.3, -0.25) is 4.79 Å². The molecule has 204 valence electrons. The highest BCUT2D eigenvalue weighted by Gasteiger charge is 2.41. The van der Waals surface area contributed by atoms with Crippen LogP contribution in [-0.4, -0.2) is 12.4 Å². The van der Waals surface area contributed by atoms with Crippen molar-refractivity contribution in [2.75, 3.05) is 11.9 Å². The van der Waals surface area contributed by atoms with Gasteiger partial charge < -0.3 is 14.8 Å². The zero-order chi connectivity index (χ0) is 28.0. The number of carbonyl (C=O) groups excluding carboxylic acids is 1. The van der Waals surface area contributed by atoms with E-state index in [0.29, 0.717) is 34.6 Å². The molecule has 1 unspecified atom stereocenters. The molecule has 40 heavy (non-hydrogen) atoms. The van der Waals surface area contributed by atoms with Crippen LogP contribution >= 0.6 is 23.2 Å². The van der Waals surface area contributed by atoms with Crippen LogP contribution in [0.2, 0.25) is 10.0 Å². The molecule has 1 atom stereocenters. The highest BCUT2D eigenvalue weighted by Crippen LogP contribution is 2.52. The van der Waals surface area contributed by atoms with Crippen molar-refractivity contribution < 1.29 is 14.3 Å². The maximum absolute atomic E-state index is 13.8. The number of fused-ring (bicyclic) bond motifs is 4. The summed E-state index contributed by atoms with van der Waals surface area (Å²) >= 11 is 12.4. The minimum atomic E-state index is -0.286. The third kappa shape index (κ3) is 4.95. The van der Waals surface area contributed by atoms with Gasteiger partial charge in [-0.15, -0.1) is 0 Å². The van der Waals surface area contributed by atoms with Crippen molar-refractivity contribution in [3.8, 4) is 11.5 Å². The molecule has 4 nitrogen and oxygen atoms in total. The van der Waals surface area contributed by atoms with Crippen LogP contribution in [0.1, 0.15) is 56.3 Å². The van der Waals surface area contributed by atoms with Gasteiger partial charge in [-0.25, -0.2) is 0 Å². The summed E-state index contributed by atoms with van der Waals surface area (Å²) < 4.78 is 12.2. The zero-order valence-corrected chi connectivity index (χ0v) is 24.3. The second-order valence-electron chi connectivity index (χ2n) is 11.3. The van der Waals surface area contributed by atoms with Crippen LogP contribution in [0.15, 0.2) is 78.4 Å². The van der Waals surface area contributed by atoms with E-state index in [1.54, 1.807) is 12.1 Å². The van der Waals surface area contributed by atoms with Crippen LogP contribution in [-0.2, 0) is 11.4 Å². The van der Waals surface area contributed by atoms with Crippen molar-refractivity contribution in [1.82, 2.24) is 0 Å². The van der Waals surface area contributed by atoms with Crippen LogP contribution in [0.5, 0.6) is 11.5 Å². The number of anilines is 1. The first-order chi connectivity index (χ1) is 19.2. The summed E-state index contributed by atoms with van der Waals surface area (Å²) in [5, 5.41) is 7.19. The molecule has 4 aromatic carbocycles. The quantitative estimate of drug-likeness (QED) is 0.250. The fraction of sp³-hybridized carbons (Fsp3) is 0.265. The van der Waals surface area contributed by atoms with Gasteiger partial charge in [-0.1, -0.05) is 79.5 Å². The molecular formula is C34H31Cl2NO3. The molecule has 1 aliphatic carbocycles. The van der Waals surface area contributed by atoms with Crippen molar-refractivity contribution in [3.63, 3.8) is 0 Å². The topological polar surface area (TPSA) is 47.6 Å². The number of hydrogen-bond donors (Lipinski definition) is 1. The number of hydrogen-bond acceptors (Lipinski definition) is 4. The van der Waals surface area contributed by atoms with Gasteiger partial charge in [-0.05, 0) is 71.0 Å². The lowest BCUT2D eigenvalue weighted by Gasteiger charge is -2.40. The molecule has 2 aliphatic rings. The van der Waals surface area contributed by atoms with Gasteiger partial charge in [0.2, 0.25) is 0 Å². The van der Waals surface area contributed by atoms with E-state index in [4.69, 9.17) is 32.7 Å². The summed E-state index contributed by atoms with van der Waals surface area (Å²) in [5.74, 6) is 1.43. The SMILES string of the molecule is CCOc1cc(C2Nc3ccc4ccccc4c3C3=C2C(=O)CC(C)(C)C3)ccc1OCc1ccc(Cl)cc1Cl. The Bertz CT molecular complexity index is 1670. The van der Waals surface area contributed by atoms with Crippen molar-refractivity contribution >= 4 is 51.0 Å². The number of benzene rings is 4. The van der Waals surface area contributed by atoms with Crippen molar-refractivity contribution in [3.05, 3.63) is 105 Å². The van der Waals surface area contributed by atoms with E-state index in [2.05, 4.69) is 55.6 Å². The van der Waals surface area contributed by atoms with Gasteiger partial charge in [-0.2, -0.15) is 0 Å². The Labute approximate surface area is 244 Å². The molecule has 0 saturated carbocycles. The van der Waals surface area contributed by atoms with Gasteiger partial charge in [0.1, 0.15) is 6.61 Å². The summed E-state index contributed by atoms with van der Waals surface area (Å²) in [7, 11) is 0. The lowest BCUT2D eigenvalue weighted by atomic mass is 9.68. The van der Waals surface area contributed by atoms with E-state index in [9.17, 15) is 4.79 Å². The maximum atomic E-state index is 13.8. The Morgan fingerprint density at radius 2 is 1.75 bits per heavy atom. The molecule has 6 rings (SSSR count). The maximum Gasteiger partial charge on any atom is 0.162 e. The van der Waals surface area contributed by atoms with Crippen molar-refractivity contribution in [2.24, 2.45) is 5.41 Å². The number of ether oxygens (including phenoxy) is 2. The number of nitrogens with one attached hydrogen (secondary N) is 1. The average molecular weight is 573 g/mol. The molecule has 0 spiro atoms. The smallest absolute Gasteiger partial charge is 0.162 e. The predicted octanol–water partition coefficient (Wildman–Crippen LogP) is 9.43. The molecule has 0 saturated heterocycles. The van der Waals surface area contributed by atoms with Crippen molar-refractivity contribution in [1.29, 1.82) is 0 Å². The molecule has 1 N–H and O–H groups in total. The summed E-state index contributed by atoms with van der Waals surface area (Å²) in [5.41, 5.74) is 5.88. The molecule has 0 aromatic heterocycles. The highest BCUT2D eigenvalue weighted by molar-refractivity contribution is 6.35. The molecular weight excluding hydrogens is 541 g/mol. The normalized spacial score (nSPS) is 17.7. The second-order valence-corrected chi connectivity index (χ2v) is 12.1. The standard InChI is InChI=1S/C34H31Cl2NO3/c1-4-39-30-15-21(11-14-29(30)40-19-22-9-12-23(35)16-26(22)36)33-32-25(17-34(2,3)18-28(32)38)31-24-8-6-5-7-20(24)10-13-27(31)37-33/h5-16,33,37H,4,17-19H2,1-3H3. The number of Topliss-reactive ketones (excluding diaryl/α,β-unsaturated/α-hetero) is 1. The largest absolute Gasteiger partial charge is 0.490 e. The lowest BCUT2D eigenvalue weighted by molar-refractivity contribution is -0.118. The van der Waals surface area contributed by atoms with E-state index in [1.807, 2.05) is 31.2 Å². The summed E-state index contributed by atoms with van der Waals surface area (Å²) in [4.78, 5) is 13.8. The van der Waals surface area contributed by atoms with E-state index < -0.39 is 0 Å². The molecule has 4 aromatic rings. The Balaban J connectivity index is 1.41. The molecule has 1 aliphatic heterocycles. The monoisotopic (exact) mass is 571 g/mol. The Kier molecular flexibility index (Phi) is 7.02.